The van der Waals surface area contributed by atoms with Crippen molar-refractivity contribution in [1.82, 2.24) is 19.7 Å². The van der Waals surface area contributed by atoms with Gasteiger partial charge < -0.3 is 15.6 Å². The summed E-state index contributed by atoms with van der Waals surface area (Å²) in [6.45, 7) is 5.69. The van der Waals surface area contributed by atoms with Gasteiger partial charge in [-0.2, -0.15) is 5.10 Å². The van der Waals surface area contributed by atoms with E-state index in [2.05, 4.69) is 35.0 Å². The van der Waals surface area contributed by atoms with Gasteiger partial charge in [0.05, 0.1) is 35.1 Å². The summed E-state index contributed by atoms with van der Waals surface area (Å²) < 4.78 is 6.98. The van der Waals surface area contributed by atoms with Crippen LogP contribution in [0.25, 0.3) is 22.2 Å². The highest BCUT2D eigenvalue weighted by molar-refractivity contribution is 6.33. The van der Waals surface area contributed by atoms with Crippen LogP contribution in [0.2, 0.25) is 5.02 Å². The molecule has 156 valence electrons. The summed E-state index contributed by atoms with van der Waals surface area (Å²) in [5, 5.41) is 15.2. The second kappa shape index (κ2) is 9.52. The predicted octanol–water partition coefficient (Wildman–Crippen LogP) is 3.94. The fraction of sp³-hybridized carbons (Fsp3) is 0.476. The zero-order valence-electron chi connectivity index (χ0n) is 17.1. The van der Waals surface area contributed by atoms with Gasteiger partial charge in [0.15, 0.2) is 0 Å². The van der Waals surface area contributed by atoms with Gasteiger partial charge in [-0.1, -0.05) is 37.6 Å². The molecular weight excluding hydrogens is 390 g/mol. The molecule has 7 nitrogen and oxygen atoms in total. The van der Waals surface area contributed by atoms with Crippen LogP contribution < -0.4 is 5.73 Å². The smallest absolute Gasteiger partial charge is 0.220 e. The SMILES string of the molecule is CC(C)c1c2ccc(-c3nc(N)ncc3Cl)cc2nn1C.OC1CCCCOC1. The highest BCUT2D eigenvalue weighted by atomic mass is 35.5. The molecule has 1 aliphatic heterocycles. The largest absolute Gasteiger partial charge is 0.391 e. The van der Waals surface area contributed by atoms with Crippen molar-refractivity contribution in [1.29, 1.82) is 0 Å². The van der Waals surface area contributed by atoms with Crippen molar-refractivity contribution in [3.8, 4) is 11.3 Å². The number of ether oxygens (including phenoxy) is 1. The number of benzene rings is 1. The van der Waals surface area contributed by atoms with E-state index < -0.39 is 0 Å². The van der Waals surface area contributed by atoms with Gasteiger partial charge in [-0.3, -0.25) is 4.68 Å². The average Bonchev–Trinajstić information content (AvgIpc) is 2.82. The summed E-state index contributed by atoms with van der Waals surface area (Å²) in [5.41, 5.74) is 9.29. The van der Waals surface area contributed by atoms with Crippen molar-refractivity contribution < 1.29 is 9.84 Å². The Morgan fingerprint density at radius 1 is 1.31 bits per heavy atom. The maximum Gasteiger partial charge on any atom is 0.220 e. The van der Waals surface area contributed by atoms with Crippen molar-refractivity contribution in [3.05, 3.63) is 35.1 Å². The number of aryl methyl sites for hydroxylation is 1. The van der Waals surface area contributed by atoms with E-state index in [9.17, 15) is 0 Å². The van der Waals surface area contributed by atoms with E-state index in [-0.39, 0.29) is 12.1 Å². The highest BCUT2D eigenvalue weighted by Crippen LogP contribution is 2.31. The third-order valence-electron chi connectivity index (χ3n) is 4.85. The third kappa shape index (κ3) is 5.23. The molecule has 1 fully saturated rings. The summed E-state index contributed by atoms with van der Waals surface area (Å²) in [7, 11) is 1.96. The van der Waals surface area contributed by atoms with Crippen LogP contribution in [0.15, 0.2) is 24.4 Å². The molecule has 3 aromatic rings. The highest BCUT2D eigenvalue weighted by Gasteiger charge is 2.14. The standard InChI is InChI=1S/C15H16ClN5.C6H12O2/c1-8(2)14-10-5-4-9(6-12(10)20-21(14)3)13-11(16)7-18-15(17)19-13;7-6-3-1-2-4-8-5-6/h4-8H,1-3H3,(H2,17,18,19);6-7H,1-5H2. The number of aliphatic hydroxyl groups excluding tert-OH is 1. The quantitative estimate of drug-likeness (QED) is 0.655. The monoisotopic (exact) mass is 417 g/mol. The summed E-state index contributed by atoms with van der Waals surface area (Å²) >= 11 is 6.16. The number of nitrogens with zero attached hydrogens (tertiary/aromatic N) is 4. The van der Waals surface area contributed by atoms with Gasteiger partial charge in [0.25, 0.3) is 0 Å². The summed E-state index contributed by atoms with van der Waals surface area (Å²) in [5.74, 6) is 0.613. The first kappa shape index (κ1) is 21.5. The lowest BCUT2D eigenvalue weighted by Gasteiger charge is -2.06. The number of fused-ring (bicyclic) bond motifs is 1. The molecule has 8 heteroatoms. The van der Waals surface area contributed by atoms with Crippen LogP contribution in [0.3, 0.4) is 0 Å². The lowest BCUT2D eigenvalue weighted by atomic mass is 10.0. The molecule has 0 spiro atoms. The Bertz CT molecular complexity index is 965. The Balaban J connectivity index is 0.000000252. The summed E-state index contributed by atoms with van der Waals surface area (Å²) in [6.07, 6.45) is 4.46. The number of nitrogen functional groups attached to an aromatic ring is 1. The van der Waals surface area contributed by atoms with Crippen LogP contribution in [0.5, 0.6) is 0 Å². The molecule has 1 aliphatic rings. The molecule has 0 aliphatic carbocycles. The molecule has 1 saturated heterocycles. The first-order valence-corrected chi connectivity index (χ1v) is 10.3. The first-order valence-electron chi connectivity index (χ1n) is 9.87. The normalized spacial score (nSPS) is 17.1. The van der Waals surface area contributed by atoms with E-state index in [1.165, 1.54) is 11.9 Å². The summed E-state index contributed by atoms with van der Waals surface area (Å²) in [6, 6.07) is 6.03. The Kier molecular flexibility index (Phi) is 7.05. The first-order chi connectivity index (χ1) is 13.9. The van der Waals surface area contributed by atoms with E-state index in [0.29, 0.717) is 23.2 Å². The third-order valence-corrected chi connectivity index (χ3v) is 5.13. The molecule has 0 amide bonds. The molecule has 1 unspecified atom stereocenters. The van der Waals surface area contributed by atoms with E-state index in [0.717, 1.165) is 42.3 Å². The maximum absolute atomic E-state index is 8.96. The Labute approximate surface area is 175 Å². The molecule has 1 atom stereocenters. The van der Waals surface area contributed by atoms with E-state index >= 15 is 0 Å². The van der Waals surface area contributed by atoms with Gasteiger partial charge in [0, 0.05) is 30.3 Å². The number of nitrogens with two attached hydrogens (primary N) is 1. The molecule has 29 heavy (non-hydrogen) atoms. The molecule has 0 saturated carbocycles. The van der Waals surface area contributed by atoms with E-state index in [1.54, 1.807) is 0 Å². The zero-order chi connectivity index (χ0) is 21.0. The fourth-order valence-electron chi connectivity index (χ4n) is 3.52. The number of hydrogen-bond acceptors (Lipinski definition) is 6. The molecular formula is C21H28ClN5O2. The number of rotatable bonds is 2. The van der Waals surface area contributed by atoms with Gasteiger partial charge in [-0.15, -0.1) is 0 Å². The number of halogens is 1. The number of anilines is 1. The predicted molar refractivity (Wildman–Crippen MR) is 116 cm³/mol. The maximum atomic E-state index is 8.96. The summed E-state index contributed by atoms with van der Waals surface area (Å²) in [4.78, 5) is 8.10. The molecule has 0 bridgehead atoms. The van der Waals surface area contributed by atoms with Gasteiger partial charge >= 0.3 is 0 Å². The van der Waals surface area contributed by atoms with Crippen LogP contribution in [0, 0.1) is 0 Å². The van der Waals surface area contributed by atoms with Crippen LogP contribution in [0.4, 0.5) is 5.95 Å². The fourth-order valence-corrected chi connectivity index (χ4v) is 3.72. The molecule has 2 aromatic heterocycles. The second-order valence-corrected chi connectivity index (χ2v) is 7.95. The molecule has 4 rings (SSSR count). The zero-order valence-corrected chi connectivity index (χ0v) is 17.9. The lowest BCUT2D eigenvalue weighted by Crippen LogP contribution is -2.11. The van der Waals surface area contributed by atoms with Crippen molar-refractivity contribution in [2.45, 2.75) is 45.1 Å². The number of aliphatic hydroxyl groups is 1. The second-order valence-electron chi connectivity index (χ2n) is 7.54. The number of hydrogen-bond donors (Lipinski definition) is 2. The molecule has 3 heterocycles. The van der Waals surface area contributed by atoms with Crippen LogP contribution in [0.1, 0.15) is 44.7 Å². The Morgan fingerprint density at radius 2 is 2.10 bits per heavy atom. The van der Waals surface area contributed by atoms with Crippen LogP contribution in [-0.2, 0) is 11.8 Å². The van der Waals surface area contributed by atoms with Crippen molar-refractivity contribution in [2.75, 3.05) is 18.9 Å². The van der Waals surface area contributed by atoms with Crippen molar-refractivity contribution in [3.63, 3.8) is 0 Å². The van der Waals surface area contributed by atoms with Gasteiger partial charge in [0.1, 0.15) is 0 Å². The minimum absolute atomic E-state index is 0.197. The Hall–Kier alpha value is -2.22. The topological polar surface area (TPSA) is 99.1 Å². The van der Waals surface area contributed by atoms with E-state index in [4.69, 9.17) is 27.2 Å². The van der Waals surface area contributed by atoms with Gasteiger partial charge in [0.2, 0.25) is 5.95 Å². The van der Waals surface area contributed by atoms with Crippen molar-refractivity contribution in [2.24, 2.45) is 7.05 Å². The van der Waals surface area contributed by atoms with Crippen LogP contribution >= 0.6 is 11.6 Å². The van der Waals surface area contributed by atoms with Crippen LogP contribution in [-0.4, -0.2) is 44.2 Å². The molecule has 0 radical (unpaired) electrons. The van der Waals surface area contributed by atoms with Gasteiger partial charge in [-0.25, -0.2) is 9.97 Å². The minimum Gasteiger partial charge on any atom is -0.391 e. The minimum atomic E-state index is -0.197. The number of aromatic nitrogens is 4. The molecule has 1 aromatic carbocycles. The van der Waals surface area contributed by atoms with Gasteiger partial charge in [-0.05, 0) is 31.2 Å². The Morgan fingerprint density at radius 3 is 2.86 bits per heavy atom. The lowest BCUT2D eigenvalue weighted by molar-refractivity contribution is 0.0512. The van der Waals surface area contributed by atoms with Crippen molar-refractivity contribution >= 4 is 28.5 Å². The molecule has 3 N–H and O–H groups in total. The van der Waals surface area contributed by atoms with E-state index in [1.807, 2.05) is 23.9 Å². The average molecular weight is 418 g/mol.